The molecule has 1 aliphatic carbocycles. The molecule has 1 amide bonds. The molecule has 39 heavy (non-hydrogen) atoms. The van der Waals surface area contributed by atoms with Crippen LogP contribution in [0.2, 0.25) is 0 Å². The van der Waals surface area contributed by atoms with Gasteiger partial charge in [-0.25, -0.2) is 9.59 Å². The van der Waals surface area contributed by atoms with Gasteiger partial charge in [0.2, 0.25) is 0 Å². The number of alkyl carbamates (subject to hydrolysis) is 1. The number of carboxylic acids is 1. The summed E-state index contributed by atoms with van der Waals surface area (Å²) in [6.07, 6.45) is 0.214. The van der Waals surface area contributed by atoms with E-state index in [9.17, 15) is 35.5 Å². The molecule has 3 aromatic rings. The highest BCUT2D eigenvalue weighted by molar-refractivity contribution is 5.81. The minimum Gasteiger partial charge on any atom is -0.769 e. The Morgan fingerprint density at radius 1 is 0.949 bits per heavy atom. The Labute approximate surface area is 224 Å². The summed E-state index contributed by atoms with van der Waals surface area (Å²) in [7, 11) is 0. The summed E-state index contributed by atoms with van der Waals surface area (Å²) in [5.41, 5.74) is 4.01. The van der Waals surface area contributed by atoms with Gasteiger partial charge in [-0.15, -0.1) is 5.23 Å². The summed E-state index contributed by atoms with van der Waals surface area (Å²) in [6, 6.07) is 18.2. The number of nitrogens with one attached hydrogen (secondary N) is 2. The lowest BCUT2D eigenvalue weighted by molar-refractivity contribution is -0.139. The zero-order valence-electron chi connectivity index (χ0n) is 20.8. The molecule has 0 fully saturated rings. The maximum absolute atomic E-state index is 12.5. The third-order valence-corrected chi connectivity index (χ3v) is 6.58. The topological polar surface area (TPSA) is 181 Å². The van der Waals surface area contributed by atoms with Gasteiger partial charge < -0.3 is 36.1 Å². The Kier molecular flexibility index (Phi) is 8.84. The van der Waals surface area contributed by atoms with Crippen LogP contribution in [0.25, 0.3) is 11.1 Å². The van der Waals surface area contributed by atoms with Crippen LogP contribution >= 0.6 is 0 Å². The number of hydrogen-bond acceptors (Lipinski definition) is 10. The van der Waals surface area contributed by atoms with Crippen molar-refractivity contribution in [2.75, 3.05) is 28.9 Å². The molecule has 4 rings (SSSR count). The van der Waals surface area contributed by atoms with Gasteiger partial charge in [-0.05, 0) is 59.7 Å². The molecular weight excluding hydrogens is 508 g/mol. The lowest BCUT2D eigenvalue weighted by atomic mass is 9.98. The molecule has 0 saturated carbocycles. The molecule has 0 saturated heterocycles. The highest BCUT2D eigenvalue weighted by atomic mass is 16.8. The molecule has 0 heterocycles. The fourth-order valence-corrected chi connectivity index (χ4v) is 4.68. The van der Waals surface area contributed by atoms with Gasteiger partial charge >= 0.3 is 12.1 Å². The second-order valence-electron chi connectivity index (χ2n) is 9.03. The number of carbonyl (C=O) groups excluding carboxylic acids is 1. The van der Waals surface area contributed by atoms with Gasteiger partial charge in [0.05, 0.1) is 5.69 Å². The molecule has 0 aromatic heterocycles. The summed E-state index contributed by atoms with van der Waals surface area (Å²) < 4.78 is 5.44. The van der Waals surface area contributed by atoms with Crippen molar-refractivity contribution >= 4 is 29.1 Å². The number of benzene rings is 3. The number of fused-ring (bicyclic) bond motifs is 3. The Balaban J connectivity index is 1.26. The Morgan fingerprint density at radius 3 is 2.18 bits per heavy atom. The third kappa shape index (κ3) is 6.56. The molecule has 206 valence electrons. The van der Waals surface area contributed by atoms with Gasteiger partial charge in [-0.3, -0.25) is 10.4 Å². The van der Waals surface area contributed by atoms with E-state index in [4.69, 9.17) is 4.74 Å². The summed E-state index contributed by atoms with van der Waals surface area (Å²) >= 11 is 0. The van der Waals surface area contributed by atoms with Gasteiger partial charge in [0.15, 0.2) is 0 Å². The quantitative estimate of drug-likeness (QED) is 0.161. The standard InChI is InChI=1S/C27H28N4O8/c32-26(33)24(11-5-6-14-28-23-13-12-17(30(35)36)15-25(23)31(37)38)29-27(34)39-16-22-20-9-3-1-7-18(20)19-8-2-4-10-21(19)22/h1-4,7-10,12-13,15,22,24,28,37-38H,5-6,11,14,16H2,(H,29,34)(H,32,33)/q-2. The van der Waals surface area contributed by atoms with Crippen LogP contribution in [0.4, 0.5) is 21.9 Å². The van der Waals surface area contributed by atoms with Gasteiger partial charge in [-0.2, -0.15) is 0 Å². The zero-order valence-corrected chi connectivity index (χ0v) is 20.8. The zero-order chi connectivity index (χ0) is 27.9. The summed E-state index contributed by atoms with van der Waals surface area (Å²) in [6.45, 7) is 0.385. The van der Waals surface area contributed by atoms with Crippen molar-refractivity contribution in [1.29, 1.82) is 0 Å². The van der Waals surface area contributed by atoms with E-state index in [-0.39, 0.29) is 41.2 Å². The van der Waals surface area contributed by atoms with Crippen molar-refractivity contribution in [2.45, 2.75) is 31.2 Å². The Bertz CT molecular complexity index is 1270. The van der Waals surface area contributed by atoms with Crippen molar-refractivity contribution in [3.05, 3.63) is 88.3 Å². The first-order valence-electron chi connectivity index (χ1n) is 12.3. The first-order valence-corrected chi connectivity index (χ1v) is 12.3. The number of amides is 1. The molecule has 3 aromatic carbocycles. The van der Waals surface area contributed by atoms with Crippen LogP contribution in [0.3, 0.4) is 0 Å². The average molecular weight is 537 g/mol. The lowest BCUT2D eigenvalue weighted by Gasteiger charge is -2.38. The summed E-state index contributed by atoms with van der Waals surface area (Å²) in [5.74, 6) is -1.33. The highest BCUT2D eigenvalue weighted by Gasteiger charge is 2.29. The molecule has 5 N–H and O–H groups in total. The summed E-state index contributed by atoms with van der Waals surface area (Å²) in [4.78, 5) is 24.2. The van der Waals surface area contributed by atoms with Crippen molar-refractivity contribution in [1.82, 2.24) is 5.32 Å². The van der Waals surface area contributed by atoms with Crippen LogP contribution in [0.5, 0.6) is 0 Å². The van der Waals surface area contributed by atoms with E-state index in [1.807, 2.05) is 48.5 Å². The largest absolute Gasteiger partial charge is 0.769 e. The molecule has 12 heteroatoms. The molecule has 0 radical (unpaired) electrons. The van der Waals surface area contributed by atoms with E-state index >= 15 is 0 Å². The van der Waals surface area contributed by atoms with E-state index in [2.05, 4.69) is 10.6 Å². The van der Waals surface area contributed by atoms with E-state index < -0.39 is 23.3 Å². The van der Waals surface area contributed by atoms with E-state index in [1.165, 1.54) is 12.1 Å². The molecular formula is C27H28N4O8-2. The van der Waals surface area contributed by atoms with Crippen molar-refractivity contribution < 1.29 is 29.8 Å². The molecule has 12 nitrogen and oxygen atoms in total. The number of anilines is 3. The highest BCUT2D eigenvalue weighted by Crippen LogP contribution is 2.44. The number of unbranched alkanes of at least 4 members (excludes halogenated alkanes) is 1. The van der Waals surface area contributed by atoms with E-state index in [0.717, 1.165) is 28.3 Å². The predicted octanol–water partition coefficient (Wildman–Crippen LogP) is 4.65. The van der Waals surface area contributed by atoms with E-state index in [1.54, 1.807) is 0 Å². The van der Waals surface area contributed by atoms with Crippen LogP contribution in [0, 0.1) is 10.4 Å². The van der Waals surface area contributed by atoms with Crippen LogP contribution < -0.4 is 21.1 Å². The maximum Gasteiger partial charge on any atom is 0.407 e. The molecule has 1 unspecified atom stereocenters. The minimum atomic E-state index is -1.19. The molecule has 1 aliphatic rings. The Hall–Kier alpha value is -4.36. The Morgan fingerprint density at radius 2 is 1.59 bits per heavy atom. The lowest BCUT2D eigenvalue weighted by Crippen LogP contribution is -2.41. The summed E-state index contributed by atoms with van der Waals surface area (Å²) in [5, 5.41) is 54.5. The third-order valence-electron chi connectivity index (χ3n) is 6.58. The number of carboxylic acid groups (broad SMARTS) is 1. The second-order valence-corrected chi connectivity index (χ2v) is 9.03. The second kappa shape index (κ2) is 12.5. The number of hydrogen-bond donors (Lipinski definition) is 5. The van der Waals surface area contributed by atoms with Crippen LogP contribution in [0.1, 0.15) is 36.3 Å². The first-order chi connectivity index (χ1) is 18.8. The van der Waals surface area contributed by atoms with Crippen LogP contribution in [-0.2, 0) is 9.53 Å². The van der Waals surface area contributed by atoms with Crippen LogP contribution in [-0.4, -0.2) is 46.8 Å². The fraction of sp³-hybridized carbons (Fsp3) is 0.259. The van der Waals surface area contributed by atoms with Gasteiger partial charge in [0.25, 0.3) is 0 Å². The van der Waals surface area contributed by atoms with Crippen LogP contribution in [0.15, 0.2) is 66.7 Å². The van der Waals surface area contributed by atoms with Gasteiger partial charge in [0, 0.05) is 18.2 Å². The molecule has 0 spiro atoms. The van der Waals surface area contributed by atoms with Gasteiger partial charge in [-0.1, -0.05) is 48.5 Å². The SMILES string of the molecule is O=C(NC(CCCCNc1ccc(N([O-])[O-])cc1N(O)O)C(=O)O)OCC1c2ccccc2-c2ccccc21. The number of rotatable bonds is 12. The smallest absolute Gasteiger partial charge is 0.407 e. The van der Waals surface area contributed by atoms with Gasteiger partial charge in [0.1, 0.15) is 18.3 Å². The number of aliphatic carboxylic acids is 1. The minimum absolute atomic E-state index is 0.0699. The normalized spacial score (nSPS) is 12.7. The predicted molar refractivity (Wildman–Crippen MR) is 144 cm³/mol. The first kappa shape index (κ1) is 27.7. The average Bonchev–Trinajstić information content (AvgIpc) is 3.24. The van der Waals surface area contributed by atoms with Crippen molar-refractivity contribution in [2.24, 2.45) is 0 Å². The maximum atomic E-state index is 12.5. The van der Waals surface area contributed by atoms with Crippen molar-refractivity contribution in [3.63, 3.8) is 0 Å². The molecule has 1 atom stereocenters. The van der Waals surface area contributed by atoms with Crippen molar-refractivity contribution in [3.8, 4) is 11.1 Å². The number of carbonyl (C=O) groups is 2. The fourth-order valence-electron chi connectivity index (χ4n) is 4.68. The van der Waals surface area contributed by atoms with E-state index in [0.29, 0.717) is 19.4 Å². The monoisotopic (exact) mass is 536 g/mol. The number of nitrogens with zero attached hydrogens (tertiary/aromatic N) is 2. The number of ether oxygens (including phenoxy) is 1. The molecule has 0 aliphatic heterocycles. The molecule has 0 bridgehead atoms.